The van der Waals surface area contributed by atoms with E-state index < -0.39 is 23.2 Å². The van der Waals surface area contributed by atoms with Gasteiger partial charge in [-0.3, -0.25) is 14.9 Å². The largest absolute Gasteiger partial charge is 0.546 e. The fourth-order valence-corrected chi connectivity index (χ4v) is 2.15. The molecular weight excluding hydrogens is 282 g/mol. The lowest BCUT2D eigenvalue weighted by molar-refractivity contribution is -0.312. The van der Waals surface area contributed by atoms with Gasteiger partial charge in [-0.1, -0.05) is 12.1 Å². The molecule has 0 spiro atoms. The predicted molar refractivity (Wildman–Crippen MR) is 70.6 cm³/mol. The number of hydrogen-bond acceptors (Lipinski definition) is 6. The molecule has 2 rings (SSSR count). The lowest BCUT2D eigenvalue weighted by Gasteiger charge is -2.15. The molecule has 1 saturated heterocycles. The molecule has 1 fully saturated rings. The Hall–Kier alpha value is -2.28. The third kappa shape index (κ3) is 3.39. The molecule has 0 aromatic heterocycles. The number of carboxylic acids is 1. The van der Waals surface area contributed by atoms with E-state index in [1.54, 1.807) is 30.3 Å². The summed E-state index contributed by atoms with van der Waals surface area (Å²) in [5, 5.41) is 12.3. The summed E-state index contributed by atoms with van der Waals surface area (Å²) in [5.41, 5.74) is 0.700. The first-order valence-electron chi connectivity index (χ1n) is 5.68. The minimum Gasteiger partial charge on any atom is -0.546 e. The Kier molecular flexibility index (Phi) is 4.09. The Balaban J connectivity index is 2.09. The van der Waals surface area contributed by atoms with Crippen LogP contribution in [0.3, 0.4) is 0 Å². The molecule has 1 atom stereocenters. The Morgan fingerprint density at radius 3 is 2.50 bits per heavy atom. The van der Waals surface area contributed by atoms with Crippen LogP contribution in [-0.2, 0) is 9.59 Å². The van der Waals surface area contributed by atoms with Crippen molar-refractivity contribution < 1.29 is 24.2 Å². The van der Waals surface area contributed by atoms with Gasteiger partial charge in [0.1, 0.15) is 11.9 Å². The number of carbonyl (C=O) groups excluding carboxylic acids is 3. The number of ether oxygens (including phenoxy) is 1. The summed E-state index contributed by atoms with van der Waals surface area (Å²) in [6.45, 7) is 1.37. The zero-order valence-corrected chi connectivity index (χ0v) is 11.2. The topological polar surface area (TPSA) is 95.5 Å². The van der Waals surface area contributed by atoms with Crippen molar-refractivity contribution in [1.29, 1.82) is 0 Å². The number of carbonyl (C=O) groups is 3. The Morgan fingerprint density at radius 1 is 1.35 bits per heavy atom. The normalized spacial score (nSPS) is 17.9. The van der Waals surface area contributed by atoms with Gasteiger partial charge >= 0.3 is 0 Å². The molecule has 0 radical (unpaired) electrons. The van der Waals surface area contributed by atoms with Gasteiger partial charge in [0.15, 0.2) is 0 Å². The van der Waals surface area contributed by atoms with Crippen LogP contribution < -0.4 is 15.2 Å². The third-order valence-electron chi connectivity index (χ3n) is 2.46. The van der Waals surface area contributed by atoms with E-state index in [1.807, 2.05) is 0 Å². The summed E-state index contributed by atoms with van der Waals surface area (Å²) in [6.07, 6.45) is 0.518. The minimum atomic E-state index is -1.30. The van der Waals surface area contributed by atoms with Crippen LogP contribution in [0.25, 0.3) is 6.08 Å². The van der Waals surface area contributed by atoms with Crippen molar-refractivity contribution in [2.75, 3.05) is 0 Å². The molecule has 0 saturated carbocycles. The van der Waals surface area contributed by atoms with Crippen molar-refractivity contribution in [3.05, 3.63) is 34.7 Å². The molecule has 20 heavy (non-hydrogen) atoms. The first kappa shape index (κ1) is 14.1. The van der Waals surface area contributed by atoms with Gasteiger partial charge in [-0.15, -0.1) is 0 Å². The van der Waals surface area contributed by atoms with Crippen LogP contribution in [0.4, 0.5) is 4.79 Å². The van der Waals surface area contributed by atoms with Gasteiger partial charge in [-0.25, -0.2) is 0 Å². The SMILES string of the molecule is C[C@@H](Oc1ccc(/C=C2\SC(=O)NC2=O)cc1)C(=O)[O-]. The van der Waals surface area contributed by atoms with Gasteiger partial charge in [-0.2, -0.15) is 0 Å². The number of thioether (sulfide) groups is 1. The van der Waals surface area contributed by atoms with E-state index in [2.05, 4.69) is 5.32 Å². The van der Waals surface area contributed by atoms with Crippen LogP contribution >= 0.6 is 11.8 Å². The van der Waals surface area contributed by atoms with Crippen molar-refractivity contribution >= 4 is 35.0 Å². The van der Waals surface area contributed by atoms with Crippen LogP contribution in [0.5, 0.6) is 5.75 Å². The second-order valence-corrected chi connectivity index (χ2v) is 5.02. The average molecular weight is 292 g/mol. The van der Waals surface area contributed by atoms with E-state index in [1.165, 1.54) is 6.92 Å². The average Bonchev–Trinajstić information content (AvgIpc) is 2.70. The number of amides is 2. The van der Waals surface area contributed by atoms with Crippen LogP contribution in [0.1, 0.15) is 12.5 Å². The van der Waals surface area contributed by atoms with Gasteiger partial charge in [0, 0.05) is 0 Å². The zero-order chi connectivity index (χ0) is 14.7. The van der Waals surface area contributed by atoms with Gasteiger partial charge in [0.2, 0.25) is 0 Å². The van der Waals surface area contributed by atoms with E-state index in [0.717, 1.165) is 11.8 Å². The maximum atomic E-state index is 11.4. The maximum Gasteiger partial charge on any atom is 0.290 e. The number of rotatable bonds is 4. The van der Waals surface area contributed by atoms with E-state index >= 15 is 0 Å². The number of nitrogens with one attached hydrogen (secondary N) is 1. The maximum absolute atomic E-state index is 11.4. The molecule has 0 aliphatic carbocycles. The van der Waals surface area contributed by atoms with Gasteiger partial charge in [0.25, 0.3) is 11.1 Å². The monoisotopic (exact) mass is 292 g/mol. The molecule has 0 unspecified atom stereocenters. The molecule has 7 heteroatoms. The third-order valence-corrected chi connectivity index (χ3v) is 3.28. The van der Waals surface area contributed by atoms with Crippen molar-refractivity contribution in [1.82, 2.24) is 5.32 Å². The smallest absolute Gasteiger partial charge is 0.290 e. The Labute approximate surface area is 118 Å². The van der Waals surface area contributed by atoms with E-state index in [9.17, 15) is 19.5 Å². The van der Waals surface area contributed by atoms with Gasteiger partial charge in [-0.05, 0) is 42.5 Å². The second-order valence-electron chi connectivity index (χ2n) is 4.00. The van der Waals surface area contributed by atoms with Gasteiger partial charge < -0.3 is 14.6 Å². The van der Waals surface area contributed by atoms with Gasteiger partial charge in [0.05, 0.1) is 10.9 Å². The summed E-state index contributed by atoms with van der Waals surface area (Å²) in [6, 6.07) is 6.46. The highest BCUT2D eigenvalue weighted by Crippen LogP contribution is 2.26. The highest BCUT2D eigenvalue weighted by atomic mass is 32.2. The highest BCUT2D eigenvalue weighted by Gasteiger charge is 2.24. The Morgan fingerprint density at radius 2 is 2.00 bits per heavy atom. The fourth-order valence-electron chi connectivity index (χ4n) is 1.47. The molecule has 104 valence electrons. The zero-order valence-electron chi connectivity index (χ0n) is 10.4. The molecule has 1 aromatic carbocycles. The summed E-state index contributed by atoms with van der Waals surface area (Å²) in [7, 11) is 0. The minimum absolute atomic E-state index is 0.312. The molecule has 1 heterocycles. The van der Waals surface area contributed by atoms with Crippen molar-refractivity contribution in [2.45, 2.75) is 13.0 Å². The lowest BCUT2D eigenvalue weighted by atomic mass is 10.2. The van der Waals surface area contributed by atoms with Crippen LogP contribution in [0.15, 0.2) is 29.2 Å². The molecule has 1 aromatic rings. The molecule has 0 bridgehead atoms. The predicted octanol–water partition coefficient (Wildman–Crippen LogP) is 0.528. The summed E-state index contributed by atoms with van der Waals surface area (Å²) < 4.78 is 5.12. The first-order valence-corrected chi connectivity index (χ1v) is 6.50. The summed E-state index contributed by atoms with van der Waals surface area (Å²) in [4.78, 5) is 33.2. The molecule has 1 aliphatic heterocycles. The summed E-state index contributed by atoms with van der Waals surface area (Å²) >= 11 is 0.832. The van der Waals surface area contributed by atoms with Crippen LogP contribution in [-0.4, -0.2) is 23.2 Å². The standard InChI is InChI=1S/C13H11NO5S/c1-7(12(16)17)19-9-4-2-8(3-5-9)6-10-11(15)14-13(18)20-10/h2-7H,1H3,(H,16,17)(H,14,15,18)/p-1/b10-6-/t7-/m1/s1. The number of imide groups is 1. The number of aliphatic carboxylic acids is 1. The number of hydrogen-bond donors (Lipinski definition) is 1. The van der Waals surface area contributed by atoms with Crippen molar-refractivity contribution in [3.8, 4) is 5.75 Å². The first-order chi connectivity index (χ1) is 9.45. The number of carboxylic acid groups (broad SMARTS) is 1. The van der Waals surface area contributed by atoms with Crippen molar-refractivity contribution in [3.63, 3.8) is 0 Å². The van der Waals surface area contributed by atoms with E-state index in [-0.39, 0.29) is 0 Å². The molecule has 2 amide bonds. The number of benzene rings is 1. The van der Waals surface area contributed by atoms with E-state index in [0.29, 0.717) is 16.2 Å². The highest BCUT2D eigenvalue weighted by molar-refractivity contribution is 8.18. The fraction of sp³-hybridized carbons (Fsp3) is 0.154. The van der Waals surface area contributed by atoms with Crippen molar-refractivity contribution in [2.24, 2.45) is 0 Å². The van der Waals surface area contributed by atoms with Crippen LogP contribution in [0.2, 0.25) is 0 Å². The summed E-state index contributed by atoms with van der Waals surface area (Å²) in [5.74, 6) is -1.34. The molecular formula is C13H10NO5S-. The van der Waals surface area contributed by atoms with Crippen LogP contribution in [0, 0.1) is 0 Å². The molecule has 1 aliphatic rings. The lowest BCUT2D eigenvalue weighted by Crippen LogP contribution is -2.37. The molecule has 6 nitrogen and oxygen atoms in total. The van der Waals surface area contributed by atoms with E-state index in [4.69, 9.17) is 4.74 Å². The molecule has 1 N–H and O–H groups in total. The Bertz CT molecular complexity index is 593. The second kappa shape index (κ2) is 5.79. The quantitative estimate of drug-likeness (QED) is 0.813.